The van der Waals surface area contributed by atoms with E-state index in [0.717, 1.165) is 37.6 Å². The third kappa shape index (κ3) is 2.07. The predicted molar refractivity (Wildman–Crippen MR) is 55.5 cm³/mol. The summed E-state index contributed by atoms with van der Waals surface area (Å²) in [5.41, 5.74) is 1.26. The molecule has 2 aliphatic heterocycles. The molecule has 2 heterocycles. The highest BCUT2D eigenvalue weighted by Gasteiger charge is 2.23. The molecule has 80 valence electrons. The van der Waals surface area contributed by atoms with Gasteiger partial charge in [0.2, 0.25) is 0 Å². The zero-order valence-corrected chi connectivity index (χ0v) is 8.57. The smallest absolute Gasteiger partial charge is 0.122 e. The maximum atomic E-state index is 5.62. The molecule has 1 aromatic carbocycles. The molecule has 0 radical (unpaired) electrons. The normalized spacial score (nSPS) is 22.8. The van der Waals surface area contributed by atoms with Crippen LogP contribution in [0.1, 0.15) is 12.0 Å². The Labute approximate surface area is 89.0 Å². The molecule has 1 atom stereocenters. The van der Waals surface area contributed by atoms with Crippen LogP contribution in [0.25, 0.3) is 0 Å². The summed E-state index contributed by atoms with van der Waals surface area (Å²) in [7, 11) is 0. The highest BCUT2D eigenvalue weighted by Crippen LogP contribution is 2.28. The fourth-order valence-corrected chi connectivity index (χ4v) is 1.78. The minimum Gasteiger partial charge on any atom is -0.493 e. The number of fused-ring (bicyclic) bond motifs is 1. The fourth-order valence-electron chi connectivity index (χ4n) is 1.78. The van der Waals surface area contributed by atoms with Crippen LogP contribution in [-0.2, 0) is 11.2 Å². The van der Waals surface area contributed by atoms with Gasteiger partial charge >= 0.3 is 0 Å². The lowest BCUT2D eigenvalue weighted by atomic mass is 10.1. The third-order valence-corrected chi connectivity index (χ3v) is 2.72. The molecule has 0 amide bonds. The lowest BCUT2D eigenvalue weighted by Gasteiger charge is -2.17. The number of hydrogen-bond donors (Lipinski definition) is 0. The molecule has 3 heteroatoms. The first-order chi connectivity index (χ1) is 7.42. The quantitative estimate of drug-likeness (QED) is 0.706. The van der Waals surface area contributed by atoms with Crippen LogP contribution in [0.3, 0.4) is 0 Å². The number of hydrogen-bond acceptors (Lipinski definition) is 3. The summed E-state index contributed by atoms with van der Waals surface area (Å²) in [6.45, 7) is 2.34. The molecule has 1 fully saturated rings. The summed E-state index contributed by atoms with van der Waals surface area (Å²) >= 11 is 0. The Kier molecular flexibility index (Phi) is 2.25. The van der Waals surface area contributed by atoms with Crippen LogP contribution in [-0.4, -0.2) is 25.9 Å². The van der Waals surface area contributed by atoms with Crippen molar-refractivity contribution in [2.24, 2.45) is 0 Å². The van der Waals surface area contributed by atoms with Crippen molar-refractivity contribution in [2.45, 2.75) is 18.9 Å². The molecule has 0 N–H and O–H groups in total. The average molecular weight is 206 g/mol. The predicted octanol–water partition coefficient (Wildman–Crippen LogP) is 1.79. The minimum atomic E-state index is 0.317. The van der Waals surface area contributed by atoms with E-state index in [0.29, 0.717) is 12.7 Å². The SMILES string of the molecule is c1cc2c(cc1OC[C@@H]1CO1)CCCO2. The highest BCUT2D eigenvalue weighted by molar-refractivity contribution is 5.41. The van der Waals surface area contributed by atoms with Crippen molar-refractivity contribution in [1.82, 2.24) is 0 Å². The summed E-state index contributed by atoms with van der Waals surface area (Å²) < 4.78 is 16.2. The van der Waals surface area contributed by atoms with Crippen molar-refractivity contribution in [3.8, 4) is 11.5 Å². The van der Waals surface area contributed by atoms with Gasteiger partial charge in [0.15, 0.2) is 0 Å². The largest absolute Gasteiger partial charge is 0.493 e. The van der Waals surface area contributed by atoms with Gasteiger partial charge in [-0.25, -0.2) is 0 Å². The molecule has 0 bridgehead atoms. The van der Waals surface area contributed by atoms with Crippen molar-refractivity contribution in [1.29, 1.82) is 0 Å². The van der Waals surface area contributed by atoms with E-state index in [1.165, 1.54) is 5.56 Å². The second-order valence-electron chi connectivity index (χ2n) is 3.99. The van der Waals surface area contributed by atoms with Gasteiger partial charge in [-0.2, -0.15) is 0 Å². The van der Waals surface area contributed by atoms with Crippen molar-refractivity contribution in [3.05, 3.63) is 23.8 Å². The fraction of sp³-hybridized carbons (Fsp3) is 0.500. The Bertz CT molecular complexity index is 358. The maximum absolute atomic E-state index is 5.62. The first kappa shape index (κ1) is 9.04. The number of aryl methyl sites for hydroxylation is 1. The molecular weight excluding hydrogens is 192 g/mol. The molecule has 0 unspecified atom stereocenters. The Morgan fingerprint density at radius 2 is 2.33 bits per heavy atom. The Morgan fingerprint density at radius 1 is 1.40 bits per heavy atom. The monoisotopic (exact) mass is 206 g/mol. The van der Waals surface area contributed by atoms with Gasteiger partial charge in [0.05, 0.1) is 13.2 Å². The maximum Gasteiger partial charge on any atom is 0.122 e. The van der Waals surface area contributed by atoms with E-state index in [2.05, 4.69) is 6.07 Å². The molecule has 0 spiro atoms. The summed E-state index contributed by atoms with van der Waals surface area (Å²) in [6.07, 6.45) is 2.51. The van der Waals surface area contributed by atoms with Crippen LogP contribution < -0.4 is 9.47 Å². The van der Waals surface area contributed by atoms with Crippen LogP contribution in [0.4, 0.5) is 0 Å². The van der Waals surface area contributed by atoms with E-state index in [4.69, 9.17) is 14.2 Å². The number of ether oxygens (including phenoxy) is 3. The van der Waals surface area contributed by atoms with Gasteiger partial charge in [-0.1, -0.05) is 0 Å². The Hall–Kier alpha value is -1.22. The van der Waals surface area contributed by atoms with Crippen molar-refractivity contribution < 1.29 is 14.2 Å². The molecule has 1 aromatic rings. The summed E-state index contributed by atoms with van der Waals surface area (Å²) in [4.78, 5) is 0. The van der Waals surface area contributed by atoms with E-state index < -0.39 is 0 Å². The third-order valence-electron chi connectivity index (χ3n) is 2.72. The van der Waals surface area contributed by atoms with Crippen LogP contribution in [0, 0.1) is 0 Å². The molecule has 3 nitrogen and oxygen atoms in total. The van der Waals surface area contributed by atoms with Crippen LogP contribution in [0.15, 0.2) is 18.2 Å². The number of benzene rings is 1. The minimum absolute atomic E-state index is 0.317. The highest BCUT2D eigenvalue weighted by atomic mass is 16.6. The molecule has 2 aliphatic rings. The number of epoxide rings is 1. The first-order valence-corrected chi connectivity index (χ1v) is 5.42. The molecule has 1 saturated heterocycles. The zero-order valence-electron chi connectivity index (χ0n) is 8.57. The van der Waals surface area contributed by atoms with Crippen LogP contribution in [0.5, 0.6) is 11.5 Å². The summed E-state index contributed by atoms with van der Waals surface area (Å²) in [5.74, 6) is 1.94. The van der Waals surface area contributed by atoms with Gasteiger partial charge < -0.3 is 14.2 Å². The standard InChI is InChI=1S/C12H14O3/c1-2-9-6-10(14-7-11-8-15-11)3-4-12(9)13-5-1/h3-4,6,11H,1-2,5,7-8H2/t11-/m1/s1. The lowest BCUT2D eigenvalue weighted by Crippen LogP contribution is -2.09. The average Bonchev–Trinajstić information content (AvgIpc) is 3.10. The molecule has 3 rings (SSSR count). The zero-order chi connectivity index (χ0) is 10.1. The molecule has 0 aromatic heterocycles. The van der Waals surface area contributed by atoms with Crippen molar-refractivity contribution in [3.63, 3.8) is 0 Å². The van der Waals surface area contributed by atoms with Crippen LogP contribution in [0.2, 0.25) is 0 Å². The van der Waals surface area contributed by atoms with Crippen molar-refractivity contribution in [2.75, 3.05) is 19.8 Å². The van der Waals surface area contributed by atoms with Gasteiger partial charge in [0.1, 0.15) is 24.2 Å². The van der Waals surface area contributed by atoms with Gasteiger partial charge in [0.25, 0.3) is 0 Å². The van der Waals surface area contributed by atoms with Crippen molar-refractivity contribution >= 4 is 0 Å². The second-order valence-corrected chi connectivity index (χ2v) is 3.99. The second kappa shape index (κ2) is 3.74. The molecule has 15 heavy (non-hydrogen) atoms. The molecular formula is C12H14O3. The van der Waals surface area contributed by atoms with E-state index >= 15 is 0 Å². The summed E-state index contributed by atoms with van der Waals surface area (Å²) in [5, 5.41) is 0. The molecule has 0 saturated carbocycles. The van der Waals surface area contributed by atoms with Gasteiger partial charge in [-0.15, -0.1) is 0 Å². The first-order valence-electron chi connectivity index (χ1n) is 5.42. The van der Waals surface area contributed by atoms with Gasteiger partial charge in [-0.3, -0.25) is 0 Å². The van der Waals surface area contributed by atoms with E-state index in [1.807, 2.05) is 12.1 Å². The topological polar surface area (TPSA) is 31.0 Å². The van der Waals surface area contributed by atoms with E-state index in [1.54, 1.807) is 0 Å². The van der Waals surface area contributed by atoms with Gasteiger partial charge in [0, 0.05) is 0 Å². The van der Waals surface area contributed by atoms with Gasteiger partial charge in [-0.05, 0) is 36.6 Å². The summed E-state index contributed by atoms with van der Waals surface area (Å²) in [6, 6.07) is 6.04. The Balaban J connectivity index is 1.71. The molecule has 0 aliphatic carbocycles. The Morgan fingerprint density at radius 3 is 3.20 bits per heavy atom. The van der Waals surface area contributed by atoms with Crippen LogP contribution >= 0.6 is 0 Å². The van der Waals surface area contributed by atoms with E-state index in [9.17, 15) is 0 Å². The van der Waals surface area contributed by atoms with E-state index in [-0.39, 0.29) is 0 Å². The number of rotatable bonds is 3. The lowest BCUT2D eigenvalue weighted by molar-refractivity contribution is 0.260.